The maximum absolute atomic E-state index is 13.8. The summed E-state index contributed by atoms with van der Waals surface area (Å²) in [4.78, 5) is 49.9. The van der Waals surface area contributed by atoms with Gasteiger partial charge in [0, 0.05) is 70.0 Å². The average molecular weight is 643 g/mol. The minimum atomic E-state index is -4.53. The summed E-state index contributed by atoms with van der Waals surface area (Å²) in [6, 6.07) is 12.5. The van der Waals surface area contributed by atoms with Crippen LogP contribution in [0.1, 0.15) is 36.0 Å². The van der Waals surface area contributed by atoms with E-state index in [9.17, 15) is 27.6 Å². The number of carbonyl (C=O) groups is 3. The van der Waals surface area contributed by atoms with Crippen LogP contribution in [0.5, 0.6) is 0 Å². The van der Waals surface area contributed by atoms with E-state index < -0.39 is 29.8 Å². The number of hydrogen-bond acceptors (Lipinski definition) is 6. The van der Waals surface area contributed by atoms with Crippen LogP contribution in [-0.4, -0.2) is 120 Å². The van der Waals surface area contributed by atoms with Gasteiger partial charge in [0.25, 0.3) is 5.91 Å². The number of halogens is 3. The minimum Gasteiger partial charge on any atom is -0.436 e. The zero-order valence-electron chi connectivity index (χ0n) is 26.0. The van der Waals surface area contributed by atoms with Gasteiger partial charge in [-0.15, -0.1) is 0 Å². The molecule has 0 saturated carbocycles. The van der Waals surface area contributed by atoms with E-state index in [-0.39, 0.29) is 30.1 Å². The van der Waals surface area contributed by atoms with Crippen molar-refractivity contribution in [1.82, 2.24) is 24.5 Å². The number of nitrogens with zero attached hydrogens (tertiary/aromatic N) is 5. The lowest BCUT2D eigenvalue weighted by atomic mass is 10.0. The molecule has 1 N–H and O–H groups in total. The van der Waals surface area contributed by atoms with E-state index in [1.165, 1.54) is 17.0 Å². The number of hydrogen-bond donors (Lipinski definition) is 1. The molecule has 0 radical (unpaired) electrons. The van der Waals surface area contributed by atoms with Crippen LogP contribution in [0.25, 0.3) is 0 Å². The fourth-order valence-corrected chi connectivity index (χ4v) is 7.05. The van der Waals surface area contributed by atoms with E-state index in [4.69, 9.17) is 4.74 Å². The van der Waals surface area contributed by atoms with Gasteiger partial charge in [0.15, 0.2) is 6.10 Å². The smallest absolute Gasteiger partial charge is 0.416 e. The lowest BCUT2D eigenvalue weighted by molar-refractivity contribution is -0.140. The minimum absolute atomic E-state index is 0.0629. The topological polar surface area (TPSA) is 88.7 Å². The molecule has 248 valence electrons. The number of alkyl halides is 3. The Morgan fingerprint density at radius 2 is 1.67 bits per heavy atom. The summed E-state index contributed by atoms with van der Waals surface area (Å²) in [6.07, 6.45) is -4.03. The zero-order valence-corrected chi connectivity index (χ0v) is 26.0. The Hall–Kier alpha value is -3.84. The molecule has 0 aliphatic carbocycles. The van der Waals surface area contributed by atoms with Crippen molar-refractivity contribution in [3.05, 3.63) is 65.2 Å². The quantitative estimate of drug-likeness (QED) is 0.511. The van der Waals surface area contributed by atoms with E-state index in [1.54, 1.807) is 4.90 Å². The number of nitrogens with one attached hydrogen (secondary N) is 1. The fourth-order valence-electron chi connectivity index (χ4n) is 7.05. The molecule has 1 unspecified atom stereocenters. The number of urea groups is 1. The second-order valence-electron chi connectivity index (χ2n) is 12.8. The fraction of sp³-hybridized carbons (Fsp3) is 0.545. The molecule has 2 aromatic rings. The van der Waals surface area contributed by atoms with Crippen LogP contribution in [-0.2, 0) is 28.5 Å². The number of likely N-dealkylation sites (tertiary alicyclic amines) is 2. The second kappa shape index (κ2) is 13.5. The Labute approximate surface area is 267 Å². The first-order valence-corrected chi connectivity index (χ1v) is 16.0. The van der Waals surface area contributed by atoms with E-state index in [2.05, 4.69) is 15.1 Å². The molecule has 4 heterocycles. The van der Waals surface area contributed by atoms with Gasteiger partial charge in [0.1, 0.15) is 0 Å². The molecule has 4 aliphatic heterocycles. The summed E-state index contributed by atoms with van der Waals surface area (Å²) >= 11 is 0. The van der Waals surface area contributed by atoms with E-state index in [0.29, 0.717) is 45.6 Å². The van der Waals surface area contributed by atoms with Crippen LogP contribution in [0, 0.1) is 0 Å². The molecule has 3 saturated heterocycles. The van der Waals surface area contributed by atoms with Gasteiger partial charge >= 0.3 is 18.3 Å². The molecule has 13 heteroatoms. The van der Waals surface area contributed by atoms with E-state index >= 15 is 0 Å². The highest BCUT2D eigenvalue weighted by molar-refractivity contribution is 5.91. The number of likely N-dealkylation sites (N-methyl/N-ethyl adjacent to an activating group) is 1. The predicted octanol–water partition coefficient (Wildman–Crippen LogP) is 4.11. The van der Waals surface area contributed by atoms with Crippen molar-refractivity contribution < 1.29 is 32.3 Å². The SMILES string of the molecule is CN1CCN(C2CCN(C(=O)[C@@H](Cc3cccc(C(F)(F)F)c3)OC(=O)N3CCC(N4CCc5ccccc5NC4=O)CC3)C2)C1. The number of carbonyl (C=O) groups excluding carboxylic acids is 3. The van der Waals surface area contributed by atoms with Crippen LogP contribution in [0.4, 0.5) is 28.4 Å². The van der Waals surface area contributed by atoms with Gasteiger partial charge in [-0.25, -0.2) is 9.59 Å². The van der Waals surface area contributed by atoms with E-state index in [1.807, 2.05) is 36.2 Å². The standard InChI is InChI=1S/C33H41F3N6O4/c1-38-17-18-41(22-38)27-12-15-40(21-27)30(43)29(20-23-5-4-7-25(19-23)33(34,35)36)46-32(45)39-13-10-26(11-14-39)42-16-9-24-6-2-3-8-28(24)37-31(42)44/h2-8,19,26-27,29H,9-18,20-22H2,1H3,(H,37,44)/t27?,29-/m1/s1. The molecule has 3 fully saturated rings. The lowest BCUT2D eigenvalue weighted by Gasteiger charge is -2.38. The zero-order chi connectivity index (χ0) is 32.4. The predicted molar refractivity (Wildman–Crippen MR) is 165 cm³/mol. The summed E-state index contributed by atoms with van der Waals surface area (Å²) in [7, 11) is 2.05. The first-order valence-electron chi connectivity index (χ1n) is 16.0. The van der Waals surface area contributed by atoms with Crippen LogP contribution in [0.3, 0.4) is 0 Å². The monoisotopic (exact) mass is 642 g/mol. The molecule has 2 atom stereocenters. The Morgan fingerprint density at radius 1 is 0.935 bits per heavy atom. The third-order valence-corrected chi connectivity index (χ3v) is 9.68. The van der Waals surface area contributed by atoms with Crippen LogP contribution >= 0.6 is 0 Å². The number of benzene rings is 2. The van der Waals surface area contributed by atoms with Crippen molar-refractivity contribution in [1.29, 1.82) is 0 Å². The third-order valence-electron chi connectivity index (χ3n) is 9.68. The highest BCUT2D eigenvalue weighted by Gasteiger charge is 2.39. The molecule has 4 amide bonds. The molecular weight excluding hydrogens is 601 g/mol. The number of ether oxygens (including phenoxy) is 1. The number of anilines is 1. The van der Waals surface area contributed by atoms with Crippen molar-refractivity contribution in [2.75, 3.05) is 64.8 Å². The van der Waals surface area contributed by atoms with E-state index in [0.717, 1.165) is 56.0 Å². The number of piperidine rings is 1. The Balaban J connectivity index is 1.10. The highest BCUT2D eigenvalue weighted by Crippen LogP contribution is 2.31. The first-order chi connectivity index (χ1) is 22.0. The summed E-state index contributed by atoms with van der Waals surface area (Å²) in [5.74, 6) is -0.392. The van der Waals surface area contributed by atoms with Crippen LogP contribution in [0.2, 0.25) is 0 Å². The Kier molecular flexibility index (Phi) is 9.42. The number of fused-ring (bicyclic) bond motifs is 1. The maximum atomic E-state index is 13.8. The maximum Gasteiger partial charge on any atom is 0.416 e. The summed E-state index contributed by atoms with van der Waals surface area (Å²) in [5, 5.41) is 2.99. The second-order valence-corrected chi connectivity index (χ2v) is 12.8. The highest BCUT2D eigenvalue weighted by atomic mass is 19.4. The number of para-hydroxylation sites is 1. The number of amides is 4. The third kappa shape index (κ3) is 7.25. The molecule has 4 aliphatic rings. The van der Waals surface area contributed by atoms with Gasteiger partial charge < -0.3 is 24.8 Å². The largest absolute Gasteiger partial charge is 0.436 e. The first kappa shape index (κ1) is 32.1. The Morgan fingerprint density at radius 3 is 2.41 bits per heavy atom. The van der Waals surface area contributed by atoms with Gasteiger partial charge in [-0.2, -0.15) is 13.2 Å². The summed E-state index contributed by atoms with van der Waals surface area (Å²) in [5.41, 5.74) is 1.34. The molecule has 2 aromatic carbocycles. The average Bonchev–Trinajstić information content (AvgIpc) is 3.67. The van der Waals surface area contributed by atoms with Gasteiger partial charge in [-0.1, -0.05) is 36.4 Å². The van der Waals surface area contributed by atoms with Gasteiger partial charge in [0.05, 0.1) is 12.2 Å². The lowest BCUT2D eigenvalue weighted by Crippen LogP contribution is -2.51. The molecule has 46 heavy (non-hydrogen) atoms. The summed E-state index contributed by atoms with van der Waals surface area (Å²) < 4.78 is 46.2. The molecule has 10 nitrogen and oxygen atoms in total. The molecule has 0 aromatic heterocycles. The molecular formula is C33H41F3N6O4. The van der Waals surface area contributed by atoms with Gasteiger partial charge in [0.2, 0.25) is 0 Å². The van der Waals surface area contributed by atoms with Crippen LogP contribution < -0.4 is 5.32 Å². The van der Waals surface area contributed by atoms with Crippen molar-refractivity contribution in [2.24, 2.45) is 0 Å². The van der Waals surface area contributed by atoms with Crippen molar-refractivity contribution in [3.8, 4) is 0 Å². The van der Waals surface area contributed by atoms with Crippen LogP contribution in [0.15, 0.2) is 48.5 Å². The summed E-state index contributed by atoms with van der Waals surface area (Å²) in [6.45, 7) is 4.89. The number of rotatable bonds is 6. The van der Waals surface area contributed by atoms with Gasteiger partial charge in [-0.05, 0) is 56.0 Å². The molecule has 0 spiro atoms. The molecule has 6 rings (SSSR count). The normalized spacial score (nSPS) is 22.4. The molecule has 0 bridgehead atoms. The van der Waals surface area contributed by atoms with Gasteiger partial charge in [-0.3, -0.25) is 14.6 Å². The Bertz CT molecular complexity index is 1430. The van der Waals surface area contributed by atoms with Crippen molar-refractivity contribution in [2.45, 2.75) is 56.5 Å². The van der Waals surface area contributed by atoms with Crippen molar-refractivity contribution in [3.63, 3.8) is 0 Å². The van der Waals surface area contributed by atoms with Crippen molar-refractivity contribution >= 4 is 23.7 Å².